The van der Waals surface area contributed by atoms with Crippen molar-refractivity contribution >= 4 is 23.6 Å². The monoisotopic (exact) mass is 456 g/mol. The molecule has 0 spiro atoms. The molecule has 2 aromatic rings. The number of hydrogen-bond donors (Lipinski definition) is 1. The Morgan fingerprint density at radius 3 is 2.47 bits per heavy atom. The number of aryl methyl sites for hydroxylation is 1. The number of thioether (sulfide) groups is 1. The van der Waals surface area contributed by atoms with E-state index in [1.165, 1.54) is 23.3 Å². The van der Waals surface area contributed by atoms with Gasteiger partial charge in [0.1, 0.15) is 11.9 Å². The minimum atomic E-state index is -0.535. The lowest BCUT2D eigenvalue weighted by molar-refractivity contribution is -0.139. The van der Waals surface area contributed by atoms with Gasteiger partial charge in [-0.2, -0.15) is 0 Å². The molecule has 2 amide bonds. The molecule has 0 heterocycles. The van der Waals surface area contributed by atoms with E-state index in [1.807, 2.05) is 19.1 Å². The van der Waals surface area contributed by atoms with E-state index in [0.717, 1.165) is 37.0 Å². The van der Waals surface area contributed by atoms with E-state index in [4.69, 9.17) is 0 Å². The Balaban J connectivity index is 1.70. The Bertz CT molecular complexity index is 897. The normalized spacial score (nSPS) is 14.8. The summed E-state index contributed by atoms with van der Waals surface area (Å²) in [4.78, 5) is 28.0. The van der Waals surface area contributed by atoms with E-state index < -0.39 is 6.04 Å². The van der Waals surface area contributed by atoms with Crippen molar-refractivity contribution in [2.24, 2.45) is 0 Å². The summed E-state index contributed by atoms with van der Waals surface area (Å²) in [5, 5.41) is 3.15. The molecule has 32 heavy (non-hydrogen) atoms. The van der Waals surface area contributed by atoms with Crippen LogP contribution in [-0.2, 0) is 21.9 Å². The number of nitrogens with one attached hydrogen (secondary N) is 1. The molecule has 1 unspecified atom stereocenters. The van der Waals surface area contributed by atoms with Crippen LogP contribution >= 0.6 is 11.8 Å². The average Bonchev–Trinajstić information content (AvgIpc) is 3.29. The summed E-state index contributed by atoms with van der Waals surface area (Å²) in [6.45, 7) is 4.30. The Morgan fingerprint density at radius 1 is 1.12 bits per heavy atom. The van der Waals surface area contributed by atoms with Gasteiger partial charge in [0, 0.05) is 18.3 Å². The number of hydrogen-bond acceptors (Lipinski definition) is 3. The molecule has 4 nitrogen and oxygen atoms in total. The van der Waals surface area contributed by atoms with Crippen LogP contribution in [0, 0.1) is 12.7 Å². The Hall–Kier alpha value is -2.34. The van der Waals surface area contributed by atoms with E-state index in [-0.39, 0.29) is 23.7 Å². The molecule has 0 aliphatic heterocycles. The lowest BCUT2D eigenvalue weighted by Crippen LogP contribution is -2.51. The van der Waals surface area contributed by atoms with Gasteiger partial charge in [-0.1, -0.05) is 56.2 Å². The van der Waals surface area contributed by atoms with Crippen LogP contribution in [-0.4, -0.2) is 34.6 Å². The Kier molecular flexibility index (Phi) is 9.15. The van der Waals surface area contributed by atoms with Gasteiger partial charge in [-0.25, -0.2) is 4.39 Å². The SMILES string of the molecule is CCC(C(=O)NC1CCCC1)N(Cc1ccc(F)cc1)C(=O)CSCc1ccccc1C. The molecule has 172 valence electrons. The van der Waals surface area contributed by atoms with E-state index in [0.29, 0.717) is 18.7 Å². The van der Waals surface area contributed by atoms with Crippen molar-refractivity contribution in [3.05, 3.63) is 71.0 Å². The highest BCUT2D eigenvalue weighted by molar-refractivity contribution is 7.99. The van der Waals surface area contributed by atoms with Crippen molar-refractivity contribution in [3.8, 4) is 0 Å². The highest BCUT2D eigenvalue weighted by Crippen LogP contribution is 2.21. The van der Waals surface area contributed by atoms with Crippen LogP contribution in [0.2, 0.25) is 0 Å². The molecule has 3 rings (SSSR count). The largest absolute Gasteiger partial charge is 0.352 e. The fourth-order valence-corrected chi connectivity index (χ4v) is 5.16. The van der Waals surface area contributed by atoms with Crippen LogP contribution in [0.1, 0.15) is 55.7 Å². The quantitative estimate of drug-likeness (QED) is 0.532. The third-order valence-electron chi connectivity index (χ3n) is 6.10. The van der Waals surface area contributed by atoms with Crippen molar-refractivity contribution < 1.29 is 14.0 Å². The standard InChI is InChI=1S/C26H33FN2O2S/c1-3-24(26(31)28-23-10-6-7-11-23)29(16-20-12-14-22(27)15-13-20)25(30)18-32-17-21-9-5-4-8-19(21)2/h4-5,8-9,12-15,23-24H,3,6-7,10-11,16-18H2,1-2H3,(H,28,31). The van der Waals surface area contributed by atoms with E-state index in [2.05, 4.69) is 24.4 Å². The highest BCUT2D eigenvalue weighted by Gasteiger charge is 2.30. The number of amides is 2. The minimum absolute atomic E-state index is 0.0682. The van der Waals surface area contributed by atoms with Gasteiger partial charge in [0.15, 0.2) is 0 Å². The summed E-state index contributed by atoms with van der Waals surface area (Å²) in [6, 6.07) is 14.0. The number of benzene rings is 2. The predicted molar refractivity (Wildman–Crippen MR) is 129 cm³/mol. The average molecular weight is 457 g/mol. The first kappa shape index (κ1) is 24.3. The number of rotatable bonds is 10. The molecule has 0 saturated heterocycles. The van der Waals surface area contributed by atoms with Gasteiger partial charge < -0.3 is 10.2 Å². The number of carbonyl (C=O) groups excluding carboxylic acids is 2. The summed E-state index contributed by atoms with van der Waals surface area (Å²) in [7, 11) is 0. The van der Waals surface area contributed by atoms with Gasteiger partial charge in [-0.15, -0.1) is 11.8 Å². The van der Waals surface area contributed by atoms with Crippen molar-refractivity contribution in [2.75, 3.05) is 5.75 Å². The summed E-state index contributed by atoms with van der Waals surface area (Å²) >= 11 is 1.56. The van der Waals surface area contributed by atoms with Gasteiger partial charge >= 0.3 is 0 Å². The van der Waals surface area contributed by atoms with Crippen molar-refractivity contribution in [1.82, 2.24) is 10.2 Å². The van der Waals surface area contributed by atoms with Crippen molar-refractivity contribution in [2.45, 2.75) is 70.3 Å². The maximum Gasteiger partial charge on any atom is 0.243 e. The van der Waals surface area contributed by atoms with E-state index in [9.17, 15) is 14.0 Å². The first-order chi connectivity index (χ1) is 15.5. The zero-order valence-electron chi connectivity index (χ0n) is 19.0. The van der Waals surface area contributed by atoms with Gasteiger partial charge in [-0.3, -0.25) is 9.59 Å². The first-order valence-corrected chi connectivity index (χ1v) is 12.6. The van der Waals surface area contributed by atoms with Crippen LogP contribution in [0.5, 0.6) is 0 Å². The summed E-state index contributed by atoms with van der Waals surface area (Å²) in [5.41, 5.74) is 3.23. The van der Waals surface area contributed by atoms with Gasteiger partial charge in [0.25, 0.3) is 0 Å². The van der Waals surface area contributed by atoms with Crippen molar-refractivity contribution in [3.63, 3.8) is 0 Å². The molecule has 1 aliphatic carbocycles. The first-order valence-electron chi connectivity index (χ1n) is 11.4. The number of nitrogens with zero attached hydrogens (tertiary/aromatic N) is 1. The molecule has 1 fully saturated rings. The zero-order chi connectivity index (χ0) is 22.9. The molecule has 1 saturated carbocycles. The van der Waals surface area contributed by atoms with Gasteiger partial charge in [0.2, 0.25) is 11.8 Å². The molecular weight excluding hydrogens is 423 g/mol. The topological polar surface area (TPSA) is 49.4 Å². The smallest absolute Gasteiger partial charge is 0.243 e. The van der Waals surface area contributed by atoms with E-state index in [1.54, 1.807) is 28.8 Å². The molecule has 1 N–H and O–H groups in total. The summed E-state index contributed by atoms with van der Waals surface area (Å²) in [6.07, 6.45) is 4.81. The summed E-state index contributed by atoms with van der Waals surface area (Å²) < 4.78 is 13.4. The molecule has 0 bridgehead atoms. The van der Waals surface area contributed by atoms with Gasteiger partial charge in [0.05, 0.1) is 5.75 Å². The third-order valence-corrected chi connectivity index (χ3v) is 7.06. The Morgan fingerprint density at radius 2 is 1.81 bits per heavy atom. The van der Waals surface area contributed by atoms with Crippen LogP contribution in [0.25, 0.3) is 0 Å². The third kappa shape index (κ3) is 6.83. The van der Waals surface area contributed by atoms with E-state index >= 15 is 0 Å². The molecule has 0 aromatic heterocycles. The fourth-order valence-electron chi connectivity index (χ4n) is 4.18. The highest BCUT2D eigenvalue weighted by atomic mass is 32.2. The molecule has 0 radical (unpaired) electrons. The molecule has 2 aromatic carbocycles. The maximum absolute atomic E-state index is 13.4. The Labute approximate surface area is 195 Å². The van der Waals surface area contributed by atoms with Crippen LogP contribution in [0.3, 0.4) is 0 Å². The number of halogens is 1. The lowest BCUT2D eigenvalue weighted by Gasteiger charge is -2.31. The fraction of sp³-hybridized carbons (Fsp3) is 0.462. The summed E-state index contributed by atoms with van der Waals surface area (Å²) in [5.74, 6) is 0.572. The van der Waals surface area contributed by atoms with Crippen LogP contribution in [0.4, 0.5) is 4.39 Å². The molecule has 1 atom stereocenters. The van der Waals surface area contributed by atoms with Crippen molar-refractivity contribution in [1.29, 1.82) is 0 Å². The zero-order valence-corrected chi connectivity index (χ0v) is 19.8. The molecule has 1 aliphatic rings. The second-order valence-corrected chi connectivity index (χ2v) is 9.47. The minimum Gasteiger partial charge on any atom is -0.352 e. The van der Waals surface area contributed by atoms with Crippen LogP contribution in [0.15, 0.2) is 48.5 Å². The lowest BCUT2D eigenvalue weighted by atomic mass is 10.1. The maximum atomic E-state index is 13.4. The second kappa shape index (κ2) is 12.0. The van der Waals surface area contributed by atoms with Gasteiger partial charge in [-0.05, 0) is 55.0 Å². The molecular formula is C26H33FN2O2S. The molecule has 6 heteroatoms. The second-order valence-electron chi connectivity index (χ2n) is 8.48. The predicted octanol–water partition coefficient (Wildman–Crippen LogP) is 5.23. The number of carbonyl (C=O) groups is 2. The van der Waals surface area contributed by atoms with Crippen LogP contribution < -0.4 is 5.32 Å².